The monoisotopic (exact) mass is 335 g/mol. The zero-order chi connectivity index (χ0) is 15.6. The molecule has 0 aliphatic rings. The summed E-state index contributed by atoms with van der Waals surface area (Å²) in [4.78, 5) is 3.99. The predicted molar refractivity (Wildman–Crippen MR) is 82.0 cm³/mol. The summed E-state index contributed by atoms with van der Waals surface area (Å²) in [6.07, 6.45) is 3.23. The molecule has 3 aromatic rings. The molecule has 1 N–H and O–H groups in total. The molecule has 2 aromatic heterocycles. The van der Waals surface area contributed by atoms with E-state index in [2.05, 4.69) is 14.9 Å². The van der Waals surface area contributed by atoms with Crippen LogP contribution in [0.2, 0.25) is 5.02 Å². The van der Waals surface area contributed by atoms with Crippen LogP contribution in [0.25, 0.3) is 11.3 Å². The Kier molecular flexibility index (Phi) is 3.82. The van der Waals surface area contributed by atoms with E-state index >= 15 is 0 Å². The van der Waals surface area contributed by atoms with Gasteiger partial charge in [0.2, 0.25) is 5.88 Å². The van der Waals surface area contributed by atoms with Crippen molar-refractivity contribution in [2.75, 3.05) is 4.72 Å². The minimum atomic E-state index is -3.75. The van der Waals surface area contributed by atoms with E-state index in [1.807, 2.05) is 0 Å². The molecule has 1 aromatic carbocycles. The topological polar surface area (TPSA) is 85.1 Å². The van der Waals surface area contributed by atoms with E-state index in [0.29, 0.717) is 10.7 Å². The van der Waals surface area contributed by atoms with Crippen LogP contribution in [0.3, 0.4) is 0 Å². The average Bonchev–Trinajstić information content (AvgIpc) is 2.96. The highest BCUT2D eigenvalue weighted by molar-refractivity contribution is 7.92. The maximum absolute atomic E-state index is 12.2. The standard InChI is InChI=1S/C14H10ClN3O3S/c15-11-1-3-12(4-2-11)22(19,20)18-14-9-13(17-21-14)10-5-7-16-8-6-10/h1-9,18H. The van der Waals surface area contributed by atoms with Gasteiger partial charge in [-0.25, -0.2) is 13.1 Å². The molecule has 0 aliphatic carbocycles. The van der Waals surface area contributed by atoms with Crippen molar-refractivity contribution < 1.29 is 12.9 Å². The van der Waals surface area contributed by atoms with E-state index in [0.717, 1.165) is 5.56 Å². The summed E-state index contributed by atoms with van der Waals surface area (Å²) in [5.74, 6) is 0.0294. The van der Waals surface area contributed by atoms with Crippen LogP contribution in [0.1, 0.15) is 0 Å². The highest BCUT2D eigenvalue weighted by Crippen LogP contribution is 2.23. The van der Waals surface area contributed by atoms with Gasteiger partial charge in [-0.15, -0.1) is 0 Å². The number of halogens is 1. The lowest BCUT2D eigenvalue weighted by molar-refractivity contribution is 0.438. The van der Waals surface area contributed by atoms with Crippen LogP contribution in [0.4, 0.5) is 5.88 Å². The number of sulfonamides is 1. The molecular weight excluding hydrogens is 326 g/mol. The third kappa shape index (κ3) is 3.10. The van der Waals surface area contributed by atoms with Gasteiger partial charge in [-0.05, 0) is 36.4 Å². The summed E-state index contributed by atoms with van der Waals surface area (Å²) in [5.41, 5.74) is 1.28. The number of nitrogens with one attached hydrogen (secondary N) is 1. The lowest BCUT2D eigenvalue weighted by Crippen LogP contribution is -2.12. The molecule has 0 amide bonds. The Balaban J connectivity index is 1.84. The molecule has 0 atom stereocenters. The lowest BCUT2D eigenvalue weighted by Gasteiger charge is -2.04. The van der Waals surface area contributed by atoms with Crippen molar-refractivity contribution in [3.05, 3.63) is 59.9 Å². The van der Waals surface area contributed by atoms with Crippen molar-refractivity contribution in [2.45, 2.75) is 4.90 Å². The van der Waals surface area contributed by atoms with Crippen LogP contribution < -0.4 is 4.72 Å². The summed E-state index contributed by atoms with van der Waals surface area (Å²) in [5, 5.41) is 4.28. The molecule has 112 valence electrons. The molecule has 0 radical (unpaired) electrons. The second-order valence-corrected chi connectivity index (χ2v) is 6.49. The summed E-state index contributed by atoms with van der Waals surface area (Å²) in [6.45, 7) is 0. The molecule has 0 saturated heterocycles. The first-order valence-corrected chi connectivity index (χ1v) is 8.06. The van der Waals surface area contributed by atoms with Gasteiger partial charge in [0.15, 0.2) is 0 Å². The molecule has 6 nitrogen and oxygen atoms in total. The van der Waals surface area contributed by atoms with Crippen LogP contribution in [-0.2, 0) is 10.0 Å². The minimum Gasteiger partial charge on any atom is -0.337 e. The first-order valence-electron chi connectivity index (χ1n) is 6.20. The molecule has 3 rings (SSSR count). The van der Waals surface area contributed by atoms with Crippen LogP contribution >= 0.6 is 11.6 Å². The Morgan fingerprint density at radius 1 is 1.05 bits per heavy atom. The van der Waals surface area contributed by atoms with E-state index < -0.39 is 10.0 Å². The normalized spacial score (nSPS) is 11.3. The highest BCUT2D eigenvalue weighted by atomic mass is 35.5. The van der Waals surface area contributed by atoms with Gasteiger partial charge in [0, 0.05) is 29.0 Å². The number of hydrogen-bond acceptors (Lipinski definition) is 5. The maximum atomic E-state index is 12.2. The molecule has 0 spiro atoms. The fraction of sp³-hybridized carbons (Fsp3) is 0. The molecule has 2 heterocycles. The predicted octanol–water partition coefficient (Wildman–Crippen LogP) is 3.19. The van der Waals surface area contributed by atoms with Gasteiger partial charge >= 0.3 is 0 Å². The van der Waals surface area contributed by atoms with Gasteiger partial charge in [0.25, 0.3) is 10.0 Å². The van der Waals surface area contributed by atoms with E-state index in [9.17, 15) is 8.42 Å². The summed E-state index contributed by atoms with van der Waals surface area (Å²) < 4.78 is 31.8. The number of aromatic nitrogens is 2. The first-order chi connectivity index (χ1) is 10.5. The van der Waals surface area contributed by atoms with Gasteiger partial charge in [-0.3, -0.25) is 4.98 Å². The smallest absolute Gasteiger partial charge is 0.264 e. The Bertz CT molecular complexity index is 877. The van der Waals surface area contributed by atoms with Crippen molar-refractivity contribution in [3.63, 3.8) is 0 Å². The quantitative estimate of drug-likeness (QED) is 0.791. The molecule has 0 fully saturated rings. The first kappa shape index (κ1) is 14.6. The molecule has 22 heavy (non-hydrogen) atoms. The Morgan fingerprint density at radius 2 is 1.73 bits per heavy atom. The summed E-state index contributed by atoms with van der Waals surface area (Å²) in [6, 6.07) is 10.8. The molecule has 8 heteroatoms. The van der Waals surface area contributed by atoms with Crippen LogP contribution in [0.5, 0.6) is 0 Å². The van der Waals surface area contributed by atoms with Crippen molar-refractivity contribution in [1.82, 2.24) is 10.1 Å². The summed E-state index contributed by atoms with van der Waals surface area (Å²) >= 11 is 5.74. The SMILES string of the molecule is O=S(=O)(Nc1cc(-c2ccncc2)no1)c1ccc(Cl)cc1. The zero-order valence-corrected chi connectivity index (χ0v) is 12.7. The maximum Gasteiger partial charge on any atom is 0.264 e. The van der Waals surface area contributed by atoms with Gasteiger partial charge in [-0.2, -0.15) is 0 Å². The third-order valence-corrected chi connectivity index (χ3v) is 4.46. The fourth-order valence-corrected chi connectivity index (χ4v) is 2.89. The Hall–Kier alpha value is -2.38. The van der Waals surface area contributed by atoms with E-state index in [1.165, 1.54) is 30.3 Å². The number of nitrogens with zero attached hydrogens (tertiary/aromatic N) is 2. The van der Waals surface area contributed by atoms with E-state index in [1.54, 1.807) is 24.5 Å². The molecular formula is C14H10ClN3O3S. The number of benzene rings is 1. The number of rotatable bonds is 4. The zero-order valence-electron chi connectivity index (χ0n) is 11.1. The average molecular weight is 336 g/mol. The van der Waals surface area contributed by atoms with Crippen LogP contribution in [-0.4, -0.2) is 18.6 Å². The third-order valence-electron chi connectivity index (χ3n) is 2.85. The molecule has 0 unspecified atom stereocenters. The largest absolute Gasteiger partial charge is 0.337 e. The number of anilines is 1. The van der Waals surface area contributed by atoms with Crippen molar-refractivity contribution in [2.24, 2.45) is 0 Å². The van der Waals surface area contributed by atoms with Crippen molar-refractivity contribution in [3.8, 4) is 11.3 Å². The second kappa shape index (κ2) is 5.78. The molecule has 0 aliphatic heterocycles. The highest BCUT2D eigenvalue weighted by Gasteiger charge is 2.17. The van der Waals surface area contributed by atoms with Gasteiger partial charge in [-0.1, -0.05) is 16.8 Å². The van der Waals surface area contributed by atoms with Crippen molar-refractivity contribution in [1.29, 1.82) is 0 Å². The second-order valence-electron chi connectivity index (χ2n) is 4.37. The van der Waals surface area contributed by atoms with Crippen LogP contribution in [0.15, 0.2) is 64.3 Å². The van der Waals surface area contributed by atoms with E-state index in [-0.39, 0.29) is 10.8 Å². The minimum absolute atomic E-state index is 0.0294. The summed E-state index contributed by atoms with van der Waals surface area (Å²) in [7, 11) is -3.75. The van der Waals surface area contributed by atoms with Gasteiger partial charge < -0.3 is 4.52 Å². The van der Waals surface area contributed by atoms with Crippen LogP contribution in [0, 0.1) is 0 Å². The number of hydrogen-bond donors (Lipinski definition) is 1. The van der Waals surface area contributed by atoms with E-state index in [4.69, 9.17) is 16.1 Å². The molecule has 0 bridgehead atoms. The van der Waals surface area contributed by atoms with Gasteiger partial charge in [0.05, 0.1) is 4.90 Å². The Labute approximate surface area is 131 Å². The van der Waals surface area contributed by atoms with Crippen molar-refractivity contribution >= 4 is 27.5 Å². The lowest BCUT2D eigenvalue weighted by atomic mass is 10.2. The number of pyridine rings is 1. The molecule has 0 saturated carbocycles. The van der Waals surface area contributed by atoms with Gasteiger partial charge in [0.1, 0.15) is 5.69 Å². The Morgan fingerprint density at radius 3 is 2.41 bits per heavy atom. The fourth-order valence-electron chi connectivity index (χ4n) is 1.79.